The zero-order valence-electron chi connectivity index (χ0n) is 19.6. The van der Waals surface area contributed by atoms with Crippen molar-refractivity contribution in [3.05, 3.63) is 71.4 Å². The number of nitrogens with zero attached hydrogens (tertiary/aromatic N) is 2. The first-order valence-electron chi connectivity index (χ1n) is 11.9. The van der Waals surface area contributed by atoms with E-state index >= 15 is 0 Å². The Hall–Kier alpha value is -2.97. The SMILES string of the molecule is CN(CCCc1cc(-c2ccccc2)n[nH]1)C(=O)CCNS(=O)(=O)c1ccc2c(c1)CCCC2. The van der Waals surface area contributed by atoms with Crippen molar-refractivity contribution in [1.29, 1.82) is 0 Å². The minimum absolute atomic E-state index is 0.0808. The highest BCUT2D eigenvalue weighted by atomic mass is 32.2. The summed E-state index contributed by atoms with van der Waals surface area (Å²) in [6.45, 7) is 0.680. The summed E-state index contributed by atoms with van der Waals surface area (Å²) in [5.41, 5.74) is 5.37. The fourth-order valence-corrected chi connectivity index (χ4v) is 5.40. The molecule has 0 saturated carbocycles. The summed E-state index contributed by atoms with van der Waals surface area (Å²) in [6, 6.07) is 17.4. The second-order valence-corrected chi connectivity index (χ2v) is 10.6. The molecule has 0 fully saturated rings. The molecule has 0 radical (unpaired) electrons. The number of carbonyl (C=O) groups excluding carboxylic acids is 1. The van der Waals surface area contributed by atoms with Gasteiger partial charge in [-0.25, -0.2) is 13.1 Å². The van der Waals surface area contributed by atoms with Gasteiger partial charge in [-0.2, -0.15) is 5.10 Å². The van der Waals surface area contributed by atoms with Gasteiger partial charge in [-0.15, -0.1) is 0 Å². The first-order chi connectivity index (χ1) is 16.4. The number of nitrogens with one attached hydrogen (secondary N) is 2. The molecule has 0 bridgehead atoms. The number of sulfonamides is 1. The fraction of sp³-hybridized carbons (Fsp3) is 0.385. The van der Waals surface area contributed by atoms with Crippen LogP contribution in [0.15, 0.2) is 59.5 Å². The van der Waals surface area contributed by atoms with Gasteiger partial charge in [-0.05, 0) is 67.9 Å². The zero-order chi connectivity index (χ0) is 24.0. The summed E-state index contributed by atoms with van der Waals surface area (Å²) in [5.74, 6) is -0.0808. The molecule has 1 aliphatic carbocycles. The number of fused-ring (bicyclic) bond motifs is 1. The molecule has 1 aliphatic rings. The van der Waals surface area contributed by atoms with Crippen LogP contribution in [0.25, 0.3) is 11.3 Å². The van der Waals surface area contributed by atoms with Gasteiger partial charge >= 0.3 is 0 Å². The van der Waals surface area contributed by atoms with Crippen LogP contribution in [0.3, 0.4) is 0 Å². The first-order valence-corrected chi connectivity index (χ1v) is 13.4. The lowest BCUT2D eigenvalue weighted by Gasteiger charge is -2.18. The van der Waals surface area contributed by atoms with E-state index in [2.05, 4.69) is 14.9 Å². The van der Waals surface area contributed by atoms with Gasteiger partial charge in [0.25, 0.3) is 0 Å². The predicted molar refractivity (Wildman–Crippen MR) is 133 cm³/mol. The Morgan fingerprint density at radius 2 is 1.82 bits per heavy atom. The summed E-state index contributed by atoms with van der Waals surface area (Å²) in [6.07, 6.45) is 5.89. The number of hydrogen-bond donors (Lipinski definition) is 2. The van der Waals surface area contributed by atoms with Crippen molar-refractivity contribution in [1.82, 2.24) is 19.8 Å². The highest BCUT2D eigenvalue weighted by Crippen LogP contribution is 2.24. The van der Waals surface area contributed by atoms with Gasteiger partial charge in [0.1, 0.15) is 0 Å². The Balaban J connectivity index is 1.20. The number of aryl methyl sites for hydroxylation is 3. The predicted octanol–water partition coefficient (Wildman–Crippen LogP) is 3.72. The second-order valence-electron chi connectivity index (χ2n) is 8.85. The van der Waals surface area contributed by atoms with Crippen molar-refractivity contribution >= 4 is 15.9 Å². The Morgan fingerprint density at radius 3 is 2.62 bits per heavy atom. The maximum absolute atomic E-state index is 12.7. The fourth-order valence-electron chi connectivity index (χ4n) is 4.32. The third kappa shape index (κ3) is 6.12. The molecule has 1 aromatic heterocycles. The topological polar surface area (TPSA) is 95.2 Å². The number of benzene rings is 2. The van der Waals surface area contributed by atoms with E-state index in [4.69, 9.17) is 0 Å². The van der Waals surface area contributed by atoms with Crippen LogP contribution in [0.2, 0.25) is 0 Å². The molecule has 0 spiro atoms. The van der Waals surface area contributed by atoms with Crippen molar-refractivity contribution in [3.8, 4) is 11.3 Å². The average molecular weight is 481 g/mol. The number of H-pyrrole nitrogens is 1. The highest BCUT2D eigenvalue weighted by molar-refractivity contribution is 7.89. The number of aromatic nitrogens is 2. The minimum Gasteiger partial charge on any atom is -0.346 e. The lowest BCUT2D eigenvalue weighted by Crippen LogP contribution is -2.33. The largest absolute Gasteiger partial charge is 0.346 e. The van der Waals surface area contributed by atoms with Gasteiger partial charge in [0, 0.05) is 37.8 Å². The molecule has 2 N–H and O–H groups in total. The number of aromatic amines is 1. The number of hydrogen-bond acceptors (Lipinski definition) is 4. The summed E-state index contributed by atoms with van der Waals surface area (Å²) < 4.78 is 27.9. The van der Waals surface area contributed by atoms with Crippen LogP contribution < -0.4 is 4.72 Å². The summed E-state index contributed by atoms with van der Waals surface area (Å²) in [7, 11) is -1.87. The van der Waals surface area contributed by atoms with Crippen LogP contribution in [-0.2, 0) is 34.1 Å². The second kappa shape index (κ2) is 11.0. The Bertz CT molecular complexity index is 1220. The first kappa shape index (κ1) is 24.2. The Morgan fingerprint density at radius 1 is 1.06 bits per heavy atom. The molecule has 0 atom stereocenters. The lowest BCUT2D eigenvalue weighted by atomic mass is 9.92. The molecule has 2 aromatic carbocycles. The zero-order valence-corrected chi connectivity index (χ0v) is 20.4. The average Bonchev–Trinajstić information content (AvgIpc) is 3.33. The van der Waals surface area contributed by atoms with Crippen molar-refractivity contribution < 1.29 is 13.2 Å². The molecular weight excluding hydrogens is 448 g/mol. The summed E-state index contributed by atoms with van der Waals surface area (Å²) >= 11 is 0. The lowest BCUT2D eigenvalue weighted by molar-refractivity contribution is -0.129. The standard InChI is InChI=1S/C26H32N4O3S/c1-30(17-7-12-23-19-25(29-28-23)21-9-3-2-4-10-21)26(31)15-16-27-34(32,33)24-14-13-20-8-5-6-11-22(20)18-24/h2-4,9-10,13-14,18-19,27H,5-8,11-12,15-17H2,1H3,(H,28,29). The Kier molecular flexibility index (Phi) is 7.80. The van der Waals surface area contributed by atoms with Gasteiger partial charge in [-0.1, -0.05) is 36.4 Å². The Labute approximate surface area is 201 Å². The van der Waals surface area contributed by atoms with Crippen LogP contribution in [0.1, 0.15) is 42.5 Å². The quantitative estimate of drug-likeness (QED) is 0.462. The van der Waals surface area contributed by atoms with E-state index in [1.807, 2.05) is 42.5 Å². The number of amides is 1. The summed E-state index contributed by atoms with van der Waals surface area (Å²) in [5, 5.41) is 7.42. The van der Waals surface area contributed by atoms with Gasteiger partial charge in [0.05, 0.1) is 10.6 Å². The molecule has 0 unspecified atom stereocenters. The van der Waals surface area contributed by atoms with E-state index in [0.717, 1.165) is 61.0 Å². The van der Waals surface area contributed by atoms with Crippen LogP contribution in [-0.4, -0.2) is 49.6 Å². The van der Waals surface area contributed by atoms with E-state index in [1.165, 1.54) is 5.56 Å². The molecule has 180 valence electrons. The minimum atomic E-state index is -3.62. The molecule has 0 aliphatic heterocycles. The molecule has 4 rings (SSSR count). The normalized spacial score (nSPS) is 13.4. The van der Waals surface area contributed by atoms with E-state index in [1.54, 1.807) is 24.1 Å². The summed E-state index contributed by atoms with van der Waals surface area (Å²) in [4.78, 5) is 14.4. The van der Waals surface area contributed by atoms with E-state index in [9.17, 15) is 13.2 Å². The van der Waals surface area contributed by atoms with Gasteiger partial charge < -0.3 is 4.90 Å². The molecule has 1 heterocycles. The van der Waals surface area contributed by atoms with Gasteiger partial charge in [-0.3, -0.25) is 9.89 Å². The monoisotopic (exact) mass is 480 g/mol. The third-order valence-corrected chi connectivity index (χ3v) is 7.79. The molecule has 7 nitrogen and oxygen atoms in total. The molecule has 3 aromatic rings. The van der Waals surface area contributed by atoms with Crippen molar-refractivity contribution in [2.75, 3.05) is 20.1 Å². The highest BCUT2D eigenvalue weighted by Gasteiger charge is 2.18. The van der Waals surface area contributed by atoms with Crippen molar-refractivity contribution in [3.63, 3.8) is 0 Å². The number of carbonyl (C=O) groups is 1. The van der Waals surface area contributed by atoms with Crippen LogP contribution in [0.5, 0.6) is 0 Å². The number of rotatable bonds is 10. The van der Waals surface area contributed by atoms with Gasteiger partial charge in [0.15, 0.2) is 0 Å². The van der Waals surface area contributed by atoms with E-state index < -0.39 is 10.0 Å². The molecule has 34 heavy (non-hydrogen) atoms. The third-order valence-electron chi connectivity index (χ3n) is 6.33. The van der Waals surface area contributed by atoms with Crippen LogP contribution in [0.4, 0.5) is 0 Å². The maximum atomic E-state index is 12.7. The molecule has 0 saturated heterocycles. The van der Waals surface area contributed by atoms with Crippen molar-refractivity contribution in [2.24, 2.45) is 0 Å². The van der Waals surface area contributed by atoms with Gasteiger partial charge in [0.2, 0.25) is 15.9 Å². The molecular formula is C26H32N4O3S. The molecule has 1 amide bonds. The smallest absolute Gasteiger partial charge is 0.240 e. The van der Waals surface area contributed by atoms with E-state index in [-0.39, 0.29) is 23.8 Å². The van der Waals surface area contributed by atoms with Crippen LogP contribution in [0, 0.1) is 0 Å². The van der Waals surface area contributed by atoms with E-state index in [0.29, 0.717) is 6.54 Å². The van der Waals surface area contributed by atoms with Crippen LogP contribution >= 0.6 is 0 Å². The van der Waals surface area contributed by atoms with Crippen molar-refractivity contribution in [2.45, 2.75) is 49.8 Å². The molecule has 8 heteroatoms. The maximum Gasteiger partial charge on any atom is 0.240 e.